The maximum Gasteiger partial charge on any atom is 0.291 e. The minimum absolute atomic E-state index is 0.360. The molecule has 9 heavy (non-hydrogen) atoms. The number of carbonyl (C=O) groups excluding carboxylic acids is 1. The molecule has 0 aliphatic heterocycles. The summed E-state index contributed by atoms with van der Waals surface area (Å²) in [5, 5.41) is 10.2. The quantitative estimate of drug-likeness (QED) is 0.372. The van der Waals surface area contributed by atoms with E-state index < -0.39 is 10.7 Å². The van der Waals surface area contributed by atoms with E-state index in [-0.39, 0.29) is 0 Å². The van der Waals surface area contributed by atoms with Gasteiger partial charge in [0.1, 0.15) is 13.6 Å². The highest BCUT2D eigenvalue weighted by molar-refractivity contribution is 5.52. The van der Waals surface area contributed by atoms with Crippen LogP contribution in [0.25, 0.3) is 0 Å². The minimum Gasteiger partial charge on any atom is -0.496 e. The number of carbonyl (C=O) groups is 1. The third kappa shape index (κ3) is 1.65. The van der Waals surface area contributed by atoms with E-state index in [9.17, 15) is 9.90 Å². The van der Waals surface area contributed by atoms with Crippen LogP contribution in [0.4, 0.5) is 4.79 Å². The van der Waals surface area contributed by atoms with Crippen LogP contribution in [-0.4, -0.2) is 31.4 Å². The van der Waals surface area contributed by atoms with E-state index in [1.807, 2.05) is 0 Å². The number of quaternary nitrogens is 1. The van der Waals surface area contributed by atoms with Gasteiger partial charge in [-0.05, 0) is 6.92 Å². The molecule has 0 spiro atoms. The topological polar surface area (TPSA) is 49.4 Å². The summed E-state index contributed by atoms with van der Waals surface area (Å²) >= 11 is 0. The van der Waals surface area contributed by atoms with Crippen molar-refractivity contribution in [3.8, 4) is 0 Å². The molecule has 1 unspecified atom stereocenters. The largest absolute Gasteiger partial charge is 0.496 e. The highest BCUT2D eigenvalue weighted by Gasteiger charge is 2.21. The lowest BCUT2D eigenvalue weighted by Gasteiger charge is -2.27. The minimum atomic E-state index is -1.22. The smallest absolute Gasteiger partial charge is 0.291 e. The lowest BCUT2D eigenvalue weighted by molar-refractivity contribution is -1.04. The summed E-state index contributed by atoms with van der Waals surface area (Å²) in [6.07, 6.45) is -1.22. The molecular weight excluding hydrogens is 122 g/mol. The average molecular weight is 133 g/mol. The first kappa shape index (κ1) is 8.39. The normalized spacial score (nSPS) is 16.8. The molecule has 54 valence electrons. The number of rotatable bonds is 2. The number of amides is 1. The first-order valence-electron chi connectivity index (χ1n) is 2.69. The summed E-state index contributed by atoms with van der Waals surface area (Å²) < 4.78 is -0.500. The molecule has 0 aromatic heterocycles. The van der Waals surface area contributed by atoms with Gasteiger partial charge in [0.05, 0.1) is 7.11 Å². The maximum atomic E-state index is 10.2. The summed E-state index contributed by atoms with van der Waals surface area (Å²) in [6.45, 7) is 2.07. The van der Waals surface area contributed by atoms with Gasteiger partial charge in [0.25, 0.3) is 6.09 Å². The second-order valence-corrected chi connectivity index (χ2v) is 1.87. The zero-order valence-electron chi connectivity index (χ0n) is 5.88. The van der Waals surface area contributed by atoms with Gasteiger partial charge in [-0.3, -0.25) is 0 Å². The summed E-state index contributed by atoms with van der Waals surface area (Å²) in [4.78, 5) is 14.8. The molecule has 0 aromatic rings. The zero-order chi connectivity index (χ0) is 7.49. The summed E-state index contributed by atoms with van der Waals surface area (Å²) in [7, 11) is 2.76. The molecule has 0 saturated carbocycles. The van der Waals surface area contributed by atoms with Crippen molar-refractivity contribution in [3.63, 3.8) is 0 Å². The fourth-order valence-electron chi connectivity index (χ4n) is 0.333. The van der Waals surface area contributed by atoms with Crippen LogP contribution in [0.2, 0.25) is 0 Å². The maximum absolute atomic E-state index is 10.2. The zero-order valence-corrected chi connectivity index (χ0v) is 5.88. The number of carboxylic acid groups (broad SMARTS) is 1. The number of hydroxylamine groups is 3. The Labute approximate surface area is 54.2 Å². The monoisotopic (exact) mass is 133 g/mol. The van der Waals surface area contributed by atoms with Crippen molar-refractivity contribution in [1.29, 1.82) is 0 Å². The van der Waals surface area contributed by atoms with Gasteiger partial charge in [0.15, 0.2) is 0 Å². The molecule has 0 fully saturated rings. The van der Waals surface area contributed by atoms with Gasteiger partial charge >= 0.3 is 0 Å². The molecular formula is C5H11NO3. The fraction of sp³-hybridized carbons (Fsp3) is 0.800. The summed E-state index contributed by atoms with van der Waals surface area (Å²) in [6, 6.07) is 0. The molecule has 1 amide bonds. The Balaban J connectivity index is 4.09. The van der Waals surface area contributed by atoms with Crippen molar-refractivity contribution in [1.82, 2.24) is 0 Å². The first-order valence-corrected chi connectivity index (χ1v) is 2.69. The van der Waals surface area contributed by atoms with Crippen molar-refractivity contribution >= 4 is 6.09 Å². The van der Waals surface area contributed by atoms with E-state index in [0.717, 1.165) is 0 Å². The number of hydrogen-bond acceptors (Lipinski definition) is 3. The van der Waals surface area contributed by atoms with Gasteiger partial charge in [0.2, 0.25) is 0 Å². The van der Waals surface area contributed by atoms with Crippen molar-refractivity contribution in [2.24, 2.45) is 0 Å². The Morgan fingerprint density at radius 1 is 1.78 bits per heavy atom. The second-order valence-electron chi connectivity index (χ2n) is 1.87. The second kappa shape index (κ2) is 2.80. The molecule has 0 bridgehead atoms. The Morgan fingerprint density at radius 2 is 2.22 bits per heavy atom. The Bertz CT molecular complexity index is 109. The highest BCUT2D eigenvalue weighted by atomic mass is 16.7. The lowest BCUT2D eigenvalue weighted by atomic mass is 10.6. The Hall–Kier alpha value is -0.610. The molecule has 0 N–H and O–H groups in total. The van der Waals surface area contributed by atoms with Crippen molar-refractivity contribution in [3.05, 3.63) is 0 Å². The van der Waals surface area contributed by atoms with Gasteiger partial charge in [-0.15, -0.1) is 4.65 Å². The van der Waals surface area contributed by atoms with Crippen LogP contribution in [-0.2, 0) is 4.84 Å². The summed E-state index contributed by atoms with van der Waals surface area (Å²) in [5.41, 5.74) is 0. The highest BCUT2D eigenvalue weighted by Crippen LogP contribution is 1.98. The lowest BCUT2D eigenvalue weighted by Crippen LogP contribution is -2.54. The average Bonchev–Trinajstić information content (AvgIpc) is 1.86. The van der Waals surface area contributed by atoms with Crippen molar-refractivity contribution < 1.29 is 19.4 Å². The molecule has 0 rings (SSSR count). The molecule has 0 saturated heterocycles. The van der Waals surface area contributed by atoms with E-state index in [4.69, 9.17) is 0 Å². The van der Waals surface area contributed by atoms with E-state index in [2.05, 4.69) is 4.84 Å². The van der Waals surface area contributed by atoms with Gasteiger partial charge in [-0.25, -0.2) is 0 Å². The molecule has 0 heterocycles. The molecule has 1 atom stereocenters. The van der Waals surface area contributed by atoms with Gasteiger partial charge in [0, 0.05) is 0 Å². The predicted molar refractivity (Wildman–Crippen MR) is 29.1 cm³/mol. The van der Waals surface area contributed by atoms with Crippen LogP contribution in [0.1, 0.15) is 6.92 Å². The number of nitrogens with zero attached hydrogens (tertiary/aromatic N) is 1. The third-order valence-corrected chi connectivity index (χ3v) is 1.39. The first-order chi connectivity index (χ1) is 4.06. The van der Waals surface area contributed by atoms with E-state index in [1.165, 1.54) is 14.2 Å². The van der Waals surface area contributed by atoms with E-state index >= 15 is 0 Å². The molecule has 0 aromatic carbocycles. The molecule has 0 radical (unpaired) electrons. The molecule has 0 aliphatic carbocycles. The van der Waals surface area contributed by atoms with Crippen LogP contribution < -0.4 is 5.11 Å². The predicted octanol–water partition coefficient (Wildman–Crippen LogP) is -0.642. The molecule has 4 nitrogen and oxygen atoms in total. The van der Waals surface area contributed by atoms with E-state index in [0.29, 0.717) is 6.54 Å². The molecule has 4 heteroatoms. The third-order valence-electron chi connectivity index (χ3n) is 1.39. The van der Waals surface area contributed by atoms with Crippen LogP contribution in [0.15, 0.2) is 0 Å². The van der Waals surface area contributed by atoms with Gasteiger partial charge in [-0.2, -0.15) is 4.84 Å². The van der Waals surface area contributed by atoms with Crippen LogP contribution in [0.3, 0.4) is 0 Å². The van der Waals surface area contributed by atoms with Crippen LogP contribution in [0.5, 0.6) is 0 Å². The van der Waals surface area contributed by atoms with Gasteiger partial charge in [-0.1, -0.05) is 0 Å². The van der Waals surface area contributed by atoms with Crippen LogP contribution in [0, 0.1) is 0 Å². The Kier molecular flexibility index (Phi) is 2.61. The van der Waals surface area contributed by atoms with E-state index in [1.54, 1.807) is 6.92 Å². The number of hydrogen-bond donors (Lipinski definition) is 0. The fourth-order valence-corrected chi connectivity index (χ4v) is 0.333. The van der Waals surface area contributed by atoms with Gasteiger partial charge < -0.3 is 9.90 Å². The Morgan fingerprint density at radius 3 is 2.22 bits per heavy atom. The standard InChI is InChI=1S/C5H11NO3/c1-4-6(2,9-3)5(7)8/h4H2,1-3H3. The van der Waals surface area contributed by atoms with Crippen molar-refractivity contribution in [2.45, 2.75) is 6.92 Å². The molecule has 0 aliphatic rings. The SMILES string of the molecule is CC[N+](C)(OC)C(=O)[O-]. The van der Waals surface area contributed by atoms with Crippen molar-refractivity contribution in [2.75, 3.05) is 20.7 Å². The van der Waals surface area contributed by atoms with Crippen LogP contribution >= 0.6 is 0 Å². The summed E-state index contributed by atoms with van der Waals surface area (Å²) in [5.74, 6) is 0.